The van der Waals surface area contributed by atoms with E-state index < -0.39 is 46.6 Å². The third kappa shape index (κ3) is 4.52. The second-order valence-corrected chi connectivity index (χ2v) is 5.82. The molecule has 10 heteroatoms. The molecule has 0 unspecified atom stereocenters. The molecular weight excluding hydrogens is 357 g/mol. The van der Waals surface area contributed by atoms with E-state index in [1.165, 1.54) is 19.9 Å². The Morgan fingerprint density at radius 1 is 1.15 bits per heavy atom. The van der Waals surface area contributed by atoms with Crippen molar-refractivity contribution >= 4 is 29.2 Å². The highest BCUT2D eigenvalue weighted by atomic mass is 19.4. The minimum Gasteiger partial charge on any atom is -0.419 e. The number of hydrogen-bond acceptors (Lipinski definition) is 6. The van der Waals surface area contributed by atoms with Gasteiger partial charge in [-0.05, 0) is 18.2 Å². The van der Waals surface area contributed by atoms with E-state index in [4.69, 9.17) is 9.47 Å². The van der Waals surface area contributed by atoms with Crippen molar-refractivity contribution in [3.63, 3.8) is 0 Å². The molecule has 26 heavy (non-hydrogen) atoms. The fourth-order valence-electron chi connectivity index (χ4n) is 2.11. The zero-order valence-electron chi connectivity index (χ0n) is 14.0. The summed E-state index contributed by atoms with van der Waals surface area (Å²) in [4.78, 5) is 34.6. The first-order chi connectivity index (χ1) is 11.9. The highest BCUT2D eigenvalue weighted by Crippen LogP contribution is 2.37. The lowest BCUT2D eigenvalue weighted by molar-refractivity contribution is -0.222. The second kappa shape index (κ2) is 6.70. The van der Waals surface area contributed by atoms with E-state index in [2.05, 4.69) is 10.6 Å². The molecular formula is C16H15F3N2O5. The van der Waals surface area contributed by atoms with Gasteiger partial charge in [-0.2, -0.15) is 13.2 Å². The molecule has 0 saturated carbocycles. The molecule has 0 atom stereocenters. The fourth-order valence-corrected chi connectivity index (χ4v) is 2.11. The molecule has 0 spiro atoms. The highest BCUT2D eigenvalue weighted by Gasteiger charge is 2.39. The van der Waals surface area contributed by atoms with Gasteiger partial charge in [-0.1, -0.05) is 0 Å². The first-order valence-corrected chi connectivity index (χ1v) is 7.31. The van der Waals surface area contributed by atoms with E-state index in [1.54, 1.807) is 0 Å². The number of ether oxygens (including phenoxy) is 2. The number of nitrogens with one attached hydrogen (secondary N) is 2. The van der Waals surface area contributed by atoms with Crippen molar-refractivity contribution in [2.45, 2.75) is 32.7 Å². The highest BCUT2D eigenvalue weighted by molar-refractivity contribution is 6.15. The second-order valence-electron chi connectivity index (χ2n) is 5.82. The molecule has 2 rings (SSSR count). The zero-order chi connectivity index (χ0) is 19.7. The number of benzene rings is 1. The van der Waals surface area contributed by atoms with Gasteiger partial charge in [0.15, 0.2) is 5.57 Å². The minimum atomic E-state index is -4.75. The van der Waals surface area contributed by atoms with Crippen molar-refractivity contribution in [2.24, 2.45) is 0 Å². The van der Waals surface area contributed by atoms with Crippen LogP contribution in [-0.4, -0.2) is 23.6 Å². The number of hydrogen-bond donors (Lipinski definition) is 2. The number of alkyl halides is 3. The maximum atomic E-state index is 13.2. The van der Waals surface area contributed by atoms with Crippen LogP contribution in [0.4, 0.5) is 24.5 Å². The Morgan fingerprint density at radius 2 is 1.73 bits per heavy atom. The van der Waals surface area contributed by atoms with Gasteiger partial charge in [0.1, 0.15) is 0 Å². The summed E-state index contributed by atoms with van der Waals surface area (Å²) in [6, 6.07) is 3.01. The van der Waals surface area contributed by atoms with Crippen molar-refractivity contribution in [1.82, 2.24) is 0 Å². The summed E-state index contributed by atoms with van der Waals surface area (Å²) in [5, 5.41) is 4.50. The maximum absolute atomic E-state index is 13.2. The molecule has 0 radical (unpaired) electrons. The standard InChI is InChI=1S/C16H15F3N2O5/c1-8(22)21-9-4-5-12(11(6-9)16(17,18)19)20-7-10-13(23)25-15(2,3)26-14(10)24/h4-7,20H,1-3H3,(H,21,22). The van der Waals surface area contributed by atoms with Gasteiger partial charge in [0.05, 0.1) is 11.3 Å². The predicted molar refractivity (Wildman–Crippen MR) is 83.7 cm³/mol. The number of cyclic esters (lactones) is 2. The molecule has 1 aromatic rings. The van der Waals surface area contributed by atoms with Crippen LogP contribution in [-0.2, 0) is 30.0 Å². The largest absolute Gasteiger partial charge is 0.419 e. The Balaban J connectivity index is 2.33. The summed E-state index contributed by atoms with van der Waals surface area (Å²) in [5.41, 5.74) is -2.16. The molecule has 1 aliphatic rings. The van der Waals surface area contributed by atoms with Gasteiger partial charge in [-0.25, -0.2) is 9.59 Å². The van der Waals surface area contributed by atoms with Crippen LogP contribution in [0.15, 0.2) is 30.0 Å². The van der Waals surface area contributed by atoms with Gasteiger partial charge in [0.25, 0.3) is 5.79 Å². The van der Waals surface area contributed by atoms with Crippen LogP contribution < -0.4 is 10.6 Å². The first kappa shape index (κ1) is 19.3. The normalized spacial score (nSPS) is 16.5. The lowest BCUT2D eigenvalue weighted by Gasteiger charge is -2.29. The average Bonchev–Trinajstić information content (AvgIpc) is 2.44. The Labute approximate surface area is 146 Å². The van der Waals surface area contributed by atoms with Gasteiger partial charge >= 0.3 is 18.1 Å². The molecule has 0 aliphatic carbocycles. The minimum absolute atomic E-state index is 0.0544. The predicted octanol–water partition coefficient (Wildman–Crippen LogP) is 2.80. The van der Waals surface area contributed by atoms with Crippen LogP contribution in [0.2, 0.25) is 0 Å². The average molecular weight is 372 g/mol. The molecule has 7 nitrogen and oxygen atoms in total. The van der Waals surface area contributed by atoms with Crippen LogP contribution in [0.1, 0.15) is 26.3 Å². The van der Waals surface area contributed by atoms with Gasteiger partial charge in [-0.3, -0.25) is 4.79 Å². The Kier molecular flexibility index (Phi) is 4.97. The smallest absolute Gasteiger partial charge is 0.418 e. The lowest BCUT2D eigenvalue weighted by Crippen LogP contribution is -2.42. The van der Waals surface area contributed by atoms with Gasteiger partial charge in [-0.15, -0.1) is 0 Å². The third-order valence-corrected chi connectivity index (χ3v) is 3.13. The molecule has 1 heterocycles. The summed E-state index contributed by atoms with van der Waals surface area (Å²) < 4.78 is 49.4. The van der Waals surface area contributed by atoms with E-state index >= 15 is 0 Å². The summed E-state index contributed by atoms with van der Waals surface area (Å²) in [5.74, 6) is -4.04. The molecule has 0 bridgehead atoms. The van der Waals surface area contributed by atoms with Gasteiger partial charge < -0.3 is 20.1 Å². The van der Waals surface area contributed by atoms with E-state index in [-0.39, 0.29) is 5.69 Å². The summed E-state index contributed by atoms with van der Waals surface area (Å²) in [6.45, 7) is 3.84. The quantitative estimate of drug-likeness (QED) is 0.481. The van der Waals surface area contributed by atoms with Crippen molar-refractivity contribution in [1.29, 1.82) is 0 Å². The number of carbonyl (C=O) groups is 3. The van der Waals surface area contributed by atoms with Crippen LogP contribution in [0.25, 0.3) is 0 Å². The number of amides is 1. The monoisotopic (exact) mass is 372 g/mol. The number of rotatable bonds is 3. The van der Waals surface area contributed by atoms with Gasteiger partial charge in [0, 0.05) is 32.7 Å². The molecule has 2 N–H and O–H groups in total. The van der Waals surface area contributed by atoms with Crippen molar-refractivity contribution in [3.05, 3.63) is 35.5 Å². The van der Waals surface area contributed by atoms with Crippen LogP contribution in [0.5, 0.6) is 0 Å². The van der Waals surface area contributed by atoms with E-state index in [9.17, 15) is 27.6 Å². The number of esters is 2. The van der Waals surface area contributed by atoms with Crippen molar-refractivity contribution < 1.29 is 37.0 Å². The maximum Gasteiger partial charge on any atom is 0.418 e. The SMILES string of the molecule is CC(=O)Nc1ccc(NC=C2C(=O)OC(C)(C)OC2=O)c(C(F)(F)F)c1. The van der Waals surface area contributed by atoms with E-state index in [0.29, 0.717) is 0 Å². The Hall–Kier alpha value is -3.04. The molecule has 140 valence electrons. The Bertz CT molecular complexity index is 778. The molecule has 1 aromatic carbocycles. The number of anilines is 2. The van der Waals surface area contributed by atoms with E-state index in [1.807, 2.05) is 0 Å². The van der Waals surface area contributed by atoms with Gasteiger partial charge in [0.2, 0.25) is 5.91 Å². The molecule has 1 amide bonds. The summed E-state index contributed by atoms with van der Waals surface area (Å²) in [7, 11) is 0. The number of carbonyl (C=O) groups excluding carboxylic acids is 3. The van der Waals surface area contributed by atoms with Crippen molar-refractivity contribution in [2.75, 3.05) is 10.6 Å². The fraction of sp³-hybridized carbons (Fsp3) is 0.312. The van der Waals surface area contributed by atoms with Crippen LogP contribution in [0, 0.1) is 0 Å². The van der Waals surface area contributed by atoms with Crippen LogP contribution in [0.3, 0.4) is 0 Å². The molecule has 0 aromatic heterocycles. The molecule has 1 saturated heterocycles. The van der Waals surface area contributed by atoms with Crippen LogP contribution >= 0.6 is 0 Å². The third-order valence-electron chi connectivity index (χ3n) is 3.13. The van der Waals surface area contributed by atoms with Crippen molar-refractivity contribution in [3.8, 4) is 0 Å². The molecule has 1 aliphatic heterocycles. The topological polar surface area (TPSA) is 93.7 Å². The lowest BCUT2D eigenvalue weighted by atomic mass is 10.1. The number of halogens is 3. The Morgan fingerprint density at radius 3 is 2.23 bits per heavy atom. The molecule has 1 fully saturated rings. The zero-order valence-corrected chi connectivity index (χ0v) is 14.0. The summed E-state index contributed by atoms with van der Waals surface area (Å²) in [6.07, 6.45) is -3.96. The summed E-state index contributed by atoms with van der Waals surface area (Å²) >= 11 is 0. The van der Waals surface area contributed by atoms with E-state index in [0.717, 1.165) is 25.3 Å². The first-order valence-electron chi connectivity index (χ1n) is 7.31.